The van der Waals surface area contributed by atoms with Crippen LogP contribution in [0, 0.1) is 0 Å². The SMILES string of the molecule is CC(=O)c1ccc(S(=O)(=O)N2CCN(C(=O)/C=C/c3cccs3)CC2)cc1. The molecule has 2 aromatic rings. The molecule has 1 aliphatic rings. The molecule has 6 nitrogen and oxygen atoms in total. The third-order valence-electron chi connectivity index (χ3n) is 4.38. The quantitative estimate of drug-likeness (QED) is 0.567. The number of thiophene rings is 1. The van der Waals surface area contributed by atoms with E-state index in [2.05, 4.69) is 0 Å². The first kappa shape index (κ1) is 19.5. The highest BCUT2D eigenvalue weighted by Gasteiger charge is 2.29. The lowest BCUT2D eigenvalue weighted by Crippen LogP contribution is -2.50. The molecule has 1 aromatic heterocycles. The second kappa shape index (κ2) is 8.16. The van der Waals surface area contributed by atoms with Gasteiger partial charge in [0.2, 0.25) is 15.9 Å². The number of amides is 1. The number of carbonyl (C=O) groups excluding carboxylic acids is 2. The van der Waals surface area contributed by atoms with E-state index in [1.54, 1.807) is 22.3 Å². The van der Waals surface area contributed by atoms with Crippen LogP contribution in [0.5, 0.6) is 0 Å². The van der Waals surface area contributed by atoms with Gasteiger partial charge >= 0.3 is 0 Å². The van der Waals surface area contributed by atoms with Crippen LogP contribution in [0.4, 0.5) is 0 Å². The first-order chi connectivity index (χ1) is 12.9. The summed E-state index contributed by atoms with van der Waals surface area (Å²) in [6.45, 7) is 2.62. The summed E-state index contributed by atoms with van der Waals surface area (Å²) in [5, 5.41) is 1.94. The molecular weight excluding hydrogens is 384 g/mol. The Hall–Kier alpha value is -2.29. The Labute approximate surface area is 162 Å². The van der Waals surface area contributed by atoms with Crippen molar-refractivity contribution in [3.05, 3.63) is 58.3 Å². The summed E-state index contributed by atoms with van der Waals surface area (Å²) < 4.78 is 26.9. The summed E-state index contributed by atoms with van der Waals surface area (Å²) in [6, 6.07) is 9.78. The van der Waals surface area contributed by atoms with Crippen LogP contribution < -0.4 is 0 Å². The summed E-state index contributed by atoms with van der Waals surface area (Å²) in [6.07, 6.45) is 3.29. The molecule has 2 heterocycles. The number of rotatable bonds is 5. The molecule has 0 aliphatic carbocycles. The van der Waals surface area contributed by atoms with Crippen molar-refractivity contribution in [2.45, 2.75) is 11.8 Å². The third-order valence-corrected chi connectivity index (χ3v) is 7.13. The van der Waals surface area contributed by atoms with Gasteiger partial charge in [-0.25, -0.2) is 8.42 Å². The fourth-order valence-electron chi connectivity index (χ4n) is 2.80. The van der Waals surface area contributed by atoms with E-state index in [9.17, 15) is 18.0 Å². The topological polar surface area (TPSA) is 74.8 Å². The summed E-state index contributed by atoms with van der Waals surface area (Å²) >= 11 is 1.55. The Morgan fingerprint density at radius 2 is 1.70 bits per heavy atom. The van der Waals surface area contributed by atoms with E-state index in [0.717, 1.165) is 4.88 Å². The van der Waals surface area contributed by atoms with Crippen molar-refractivity contribution in [3.8, 4) is 0 Å². The zero-order chi connectivity index (χ0) is 19.4. The average molecular weight is 405 g/mol. The molecule has 1 aliphatic heterocycles. The van der Waals surface area contributed by atoms with Crippen molar-refractivity contribution in [1.82, 2.24) is 9.21 Å². The van der Waals surface area contributed by atoms with Crippen molar-refractivity contribution < 1.29 is 18.0 Å². The Morgan fingerprint density at radius 1 is 1.04 bits per heavy atom. The summed E-state index contributed by atoms with van der Waals surface area (Å²) in [5.41, 5.74) is 0.474. The molecule has 3 rings (SSSR count). The zero-order valence-corrected chi connectivity index (χ0v) is 16.5. The minimum atomic E-state index is -3.63. The highest BCUT2D eigenvalue weighted by molar-refractivity contribution is 7.89. The molecule has 0 atom stereocenters. The number of hydrogen-bond donors (Lipinski definition) is 0. The molecule has 0 saturated carbocycles. The minimum absolute atomic E-state index is 0.110. The molecule has 0 radical (unpaired) electrons. The number of Topliss-reactive ketones (excluding diaryl/α,β-unsaturated/α-hetero) is 1. The van der Waals surface area contributed by atoms with Crippen LogP contribution in [-0.2, 0) is 14.8 Å². The van der Waals surface area contributed by atoms with Gasteiger partial charge in [0.1, 0.15) is 0 Å². The van der Waals surface area contributed by atoms with Crippen LogP contribution in [0.15, 0.2) is 52.7 Å². The van der Waals surface area contributed by atoms with Crippen LogP contribution in [-0.4, -0.2) is 55.5 Å². The van der Waals surface area contributed by atoms with E-state index >= 15 is 0 Å². The average Bonchev–Trinajstić information content (AvgIpc) is 3.20. The maximum Gasteiger partial charge on any atom is 0.246 e. The second-order valence-corrected chi connectivity index (χ2v) is 9.08. The van der Waals surface area contributed by atoms with Gasteiger partial charge in [0, 0.05) is 42.7 Å². The third kappa shape index (κ3) is 4.52. The van der Waals surface area contributed by atoms with Gasteiger partial charge in [0.25, 0.3) is 0 Å². The van der Waals surface area contributed by atoms with E-state index < -0.39 is 10.0 Å². The van der Waals surface area contributed by atoms with Crippen LogP contribution >= 0.6 is 11.3 Å². The minimum Gasteiger partial charge on any atom is -0.337 e. The predicted octanol–water partition coefficient (Wildman–Crippen LogP) is 2.50. The summed E-state index contributed by atoms with van der Waals surface area (Å²) in [5.74, 6) is -0.229. The first-order valence-electron chi connectivity index (χ1n) is 8.49. The van der Waals surface area contributed by atoms with Crippen LogP contribution in [0.1, 0.15) is 22.2 Å². The van der Waals surface area contributed by atoms with E-state index in [1.165, 1.54) is 41.6 Å². The van der Waals surface area contributed by atoms with Gasteiger partial charge in [-0.3, -0.25) is 9.59 Å². The summed E-state index contributed by atoms with van der Waals surface area (Å²) in [7, 11) is -3.63. The van der Waals surface area contributed by atoms with Crippen molar-refractivity contribution in [1.29, 1.82) is 0 Å². The Morgan fingerprint density at radius 3 is 2.26 bits per heavy atom. The number of hydrogen-bond acceptors (Lipinski definition) is 5. The Kier molecular flexibility index (Phi) is 5.88. The van der Waals surface area contributed by atoms with Gasteiger partial charge in [-0.15, -0.1) is 11.3 Å². The number of carbonyl (C=O) groups is 2. The molecule has 1 saturated heterocycles. The molecule has 27 heavy (non-hydrogen) atoms. The fraction of sp³-hybridized carbons (Fsp3) is 0.263. The molecule has 0 spiro atoms. The van der Waals surface area contributed by atoms with Crippen LogP contribution in [0.3, 0.4) is 0 Å². The monoisotopic (exact) mass is 404 g/mol. The molecule has 0 N–H and O–H groups in total. The lowest BCUT2D eigenvalue weighted by Gasteiger charge is -2.33. The Balaban J connectivity index is 1.62. The van der Waals surface area contributed by atoms with Gasteiger partial charge in [-0.05, 0) is 36.6 Å². The van der Waals surface area contributed by atoms with Crippen molar-refractivity contribution in [2.75, 3.05) is 26.2 Å². The largest absolute Gasteiger partial charge is 0.337 e. The molecule has 0 unspecified atom stereocenters. The maximum absolute atomic E-state index is 12.8. The predicted molar refractivity (Wildman–Crippen MR) is 105 cm³/mol. The van der Waals surface area contributed by atoms with Gasteiger partial charge in [-0.1, -0.05) is 18.2 Å². The number of piperazine rings is 1. The maximum atomic E-state index is 12.8. The fourth-order valence-corrected chi connectivity index (χ4v) is 4.84. The van der Waals surface area contributed by atoms with Crippen molar-refractivity contribution in [3.63, 3.8) is 0 Å². The number of benzene rings is 1. The molecular formula is C19H20N2O4S2. The lowest BCUT2D eigenvalue weighted by molar-refractivity contribution is -0.127. The summed E-state index contributed by atoms with van der Waals surface area (Å²) in [4.78, 5) is 26.4. The molecule has 1 aromatic carbocycles. The van der Waals surface area contributed by atoms with Crippen molar-refractivity contribution >= 4 is 39.1 Å². The number of nitrogens with zero attached hydrogens (tertiary/aromatic N) is 2. The van der Waals surface area contributed by atoms with E-state index in [4.69, 9.17) is 0 Å². The van der Waals surface area contributed by atoms with Gasteiger partial charge in [0.15, 0.2) is 5.78 Å². The normalized spacial score (nSPS) is 16.0. The smallest absolute Gasteiger partial charge is 0.246 e. The van der Waals surface area contributed by atoms with Gasteiger partial charge < -0.3 is 4.90 Å². The van der Waals surface area contributed by atoms with E-state index in [-0.39, 0.29) is 29.7 Å². The molecule has 142 valence electrons. The molecule has 1 fully saturated rings. The van der Waals surface area contributed by atoms with E-state index in [1.807, 2.05) is 17.5 Å². The standard InChI is InChI=1S/C19H20N2O4S2/c1-15(22)16-4-7-18(8-5-16)27(24,25)21-12-10-20(11-13-21)19(23)9-6-17-3-2-14-26-17/h2-9,14H,10-13H2,1H3/b9-6+. The Bertz CT molecular complexity index is 940. The highest BCUT2D eigenvalue weighted by atomic mass is 32.2. The van der Waals surface area contributed by atoms with Gasteiger partial charge in [-0.2, -0.15) is 4.31 Å². The van der Waals surface area contributed by atoms with Gasteiger partial charge in [0.05, 0.1) is 4.90 Å². The van der Waals surface area contributed by atoms with Crippen LogP contribution in [0.25, 0.3) is 6.08 Å². The van der Waals surface area contributed by atoms with Crippen LogP contribution in [0.2, 0.25) is 0 Å². The zero-order valence-electron chi connectivity index (χ0n) is 14.9. The van der Waals surface area contributed by atoms with Crippen molar-refractivity contribution in [2.24, 2.45) is 0 Å². The molecule has 0 bridgehead atoms. The number of sulfonamides is 1. The first-order valence-corrected chi connectivity index (χ1v) is 10.8. The lowest BCUT2D eigenvalue weighted by atomic mass is 10.2. The molecule has 1 amide bonds. The second-order valence-electron chi connectivity index (χ2n) is 6.16. The van der Waals surface area contributed by atoms with E-state index in [0.29, 0.717) is 18.7 Å². The number of ketones is 1. The highest BCUT2D eigenvalue weighted by Crippen LogP contribution is 2.19. The molecule has 8 heteroatoms.